The van der Waals surface area contributed by atoms with E-state index in [1.54, 1.807) is 0 Å². The molecule has 134 valence electrons. The minimum Gasteiger partial charge on any atom is -0.493 e. The number of para-hydroxylation sites is 1. The van der Waals surface area contributed by atoms with Gasteiger partial charge in [0.05, 0.1) is 6.61 Å². The van der Waals surface area contributed by atoms with Gasteiger partial charge in [-0.3, -0.25) is 4.79 Å². The molecule has 0 aliphatic carbocycles. The van der Waals surface area contributed by atoms with Gasteiger partial charge in [0.15, 0.2) is 5.78 Å². The van der Waals surface area contributed by atoms with Crippen molar-refractivity contribution in [3.63, 3.8) is 0 Å². The molecule has 3 heteroatoms. The van der Waals surface area contributed by atoms with E-state index in [1.807, 2.05) is 56.3 Å². The van der Waals surface area contributed by atoms with Crippen molar-refractivity contribution in [2.24, 2.45) is 5.92 Å². The minimum absolute atomic E-state index is 0.0147. The van der Waals surface area contributed by atoms with E-state index in [4.69, 9.17) is 4.74 Å². The molecule has 0 aromatic heterocycles. The monoisotopic (exact) mass is 339 g/mol. The second-order valence-corrected chi connectivity index (χ2v) is 6.90. The summed E-state index contributed by atoms with van der Waals surface area (Å²) in [7, 11) is 0. The van der Waals surface area contributed by atoms with Crippen LogP contribution in [-0.2, 0) is 0 Å². The molecule has 2 rings (SSSR count). The minimum atomic E-state index is 0.0147. The highest BCUT2D eigenvalue weighted by atomic mass is 16.5. The maximum Gasteiger partial charge on any atom is 0.165 e. The Balaban J connectivity index is 2.05. The Bertz CT molecular complexity index is 675. The van der Waals surface area contributed by atoms with Crippen LogP contribution in [0.2, 0.25) is 0 Å². The van der Waals surface area contributed by atoms with Crippen LogP contribution >= 0.6 is 0 Å². The van der Waals surface area contributed by atoms with Crippen LogP contribution in [0.5, 0.6) is 5.75 Å². The number of ether oxygens (including phenoxy) is 1. The summed E-state index contributed by atoms with van der Waals surface area (Å²) in [5.41, 5.74) is 2.89. The lowest BCUT2D eigenvalue weighted by molar-refractivity contribution is 0.0939. The molecule has 0 amide bonds. The fourth-order valence-electron chi connectivity index (χ4n) is 2.62. The average molecular weight is 339 g/mol. The van der Waals surface area contributed by atoms with Crippen LogP contribution in [0.3, 0.4) is 0 Å². The zero-order chi connectivity index (χ0) is 18.2. The van der Waals surface area contributed by atoms with Gasteiger partial charge in [0.25, 0.3) is 0 Å². The molecule has 3 nitrogen and oxygen atoms in total. The van der Waals surface area contributed by atoms with Crippen LogP contribution in [0.1, 0.15) is 44.5 Å². The third-order valence-electron chi connectivity index (χ3n) is 4.02. The van der Waals surface area contributed by atoms with Crippen LogP contribution < -0.4 is 10.1 Å². The van der Waals surface area contributed by atoms with Gasteiger partial charge in [-0.2, -0.15) is 0 Å². The summed E-state index contributed by atoms with van der Waals surface area (Å²) >= 11 is 0. The summed E-state index contributed by atoms with van der Waals surface area (Å²) in [6.07, 6.45) is 0.967. The first-order valence-electron chi connectivity index (χ1n) is 9.09. The van der Waals surface area contributed by atoms with E-state index in [0.29, 0.717) is 12.6 Å². The number of ketones is 1. The second-order valence-electron chi connectivity index (χ2n) is 6.90. The molecule has 0 saturated carbocycles. The van der Waals surface area contributed by atoms with Gasteiger partial charge in [0.1, 0.15) is 5.75 Å². The Kier molecular flexibility index (Phi) is 7.20. The van der Waals surface area contributed by atoms with E-state index in [0.717, 1.165) is 35.4 Å². The Morgan fingerprint density at radius 1 is 1.00 bits per heavy atom. The second kappa shape index (κ2) is 9.38. The molecule has 0 fully saturated rings. The molecular formula is C22H29NO2. The van der Waals surface area contributed by atoms with Crippen LogP contribution in [0, 0.1) is 5.92 Å². The highest BCUT2D eigenvalue weighted by Gasteiger charge is 2.11. The van der Waals surface area contributed by atoms with Crippen LogP contribution in [0.25, 0.3) is 11.1 Å². The van der Waals surface area contributed by atoms with Gasteiger partial charge >= 0.3 is 0 Å². The summed E-state index contributed by atoms with van der Waals surface area (Å²) in [5.74, 6) is 1.07. The number of rotatable bonds is 9. The lowest BCUT2D eigenvalue weighted by atomic mass is 9.97. The normalized spacial score (nSPS) is 11.1. The fourth-order valence-corrected chi connectivity index (χ4v) is 2.62. The molecule has 1 N–H and O–H groups in total. The third kappa shape index (κ3) is 5.71. The van der Waals surface area contributed by atoms with Gasteiger partial charge in [0, 0.05) is 23.1 Å². The van der Waals surface area contributed by atoms with E-state index in [1.165, 1.54) is 0 Å². The molecule has 25 heavy (non-hydrogen) atoms. The Morgan fingerprint density at radius 3 is 2.32 bits per heavy atom. The number of hydrogen-bond donors (Lipinski definition) is 1. The lowest BCUT2D eigenvalue weighted by Crippen LogP contribution is -2.24. The molecule has 0 aliphatic heterocycles. The first-order valence-corrected chi connectivity index (χ1v) is 9.09. The highest BCUT2D eigenvalue weighted by Crippen LogP contribution is 2.30. The molecule has 2 aromatic carbocycles. The lowest BCUT2D eigenvalue weighted by Gasteiger charge is -2.13. The molecule has 0 radical (unpaired) electrons. The van der Waals surface area contributed by atoms with Crippen molar-refractivity contribution in [3.8, 4) is 16.9 Å². The number of Topliss-reactive ketones (excluding diaryl/α,β-unsaturated/α-hetero) is 1. The number of benzene rings is 2. The van der Waals surface area contributed by atoms with E-state index in [9.17, 15) is 4.79 Å². The first-order chi connectivity index (χ1) is 12.0. The van der Waals surface area contributed by atoms with Crippen molar-refractivity contribution >= 4 is 5.78 Å². The molecule has 0 spiro atoms. The summed E-state index contributed by atoms with van der Waals surface area (Å²) in [6, 6.07) is 16.4. The van der Waals surface area contributed by atoms with Gasteiger partial charge in [-0.1, -0.05) is 70.2 Å². The van der Waals surface area contributed by atoms with Crippen molar-refractivity contribution in [2.45, 2.75) is 40.2 Å². The largest absolute Gasteiger partial charge is 0.493 e. The standard InChI is InChI=1S/C22H29NO2/c1-16(2)22(24)19-12-10-18(11-13-19)20-8-5-6-9-21(20)25-15-7-14-23-17(3)4/h5-6,8-13,16-17,23H,7,14-15H2,1-4H3. The zero-order valence-corrected chi connectivity index (χ0v) is 15.7. The first kappa shape index (κ1) is 19.2. The van der Waals surface area contributed by atoms with Crippen molar-refractivity contribution in [1.29, 1.82) is 0 Å². The smallest absolute Gasteiger partial charge is 0.165 e. The van der Waals surface area contributed by atoms with Gasteiger partial charge in [-0.25, -0.2) is 0 Å². The molecule has 0 unspecified atom stereocenters. The average Bonchev–Trinajstić information content (AvgIpc) is 2.61. The quantitative estimate of drug-likeness (QED) is 0.518. The molecule has 0 atom stereocenters. The number of hydrogen-bond acceptors (Lipinski definition) is 3. The molecule has 0 saturated heterocycles. The van der Waals surface area contributed by atoms with Crippen molar-refractivity contribution in [3.05, 3.63) is 54.1 Å². The van der Waals surface area contributed by atoms with Gasteiger partial charge in [0.2, 0.25) is 0 Å². The summed E-state index contributed by atoms with van der Waals surface area (Å²) in [4.78, 5) is 12.1. The predicted octanol–water partition coefficient (Wildman–Crippen LogP) is 4.96. The molecule has 0 aliphatic rings. The Hall–Kier alpha value is -2.13. The van der Waals surface area contributed by atoms with Crippen molar-refractivity contribution in [1.82, 2.24) is 5.32 Å². The summed E-state index contributed by atoms with van der Waals surface area (Å²) in [5, 5.41) is 3.39. The Labute approximate surface area is 151 Å². The van der Waals surface area contributed by atoms with E-state index in [-0.39, 0.29) is 11.7 Å². The van der Waals surface area contributed by atoms with Gasteiger partial charge in [-0.05, 0) is 24.6 Å². The summed E-state index contributed by atoms with van der Waals surface area (Å²) in [6.45, 7) is 9.77. The van der Waals surface area contributed by atoms with E-state index in [2.05, 4.69) is 25.2 Å². The molecule has 2 aromatic rings. The SMILES string of the molecule is CC(C)NCCCOc1ccccc1-c1ccc(C(=O)C(C)C)cc1. The maximum absolute atomic E-state index is 12.1. The molecular weight excluding hydrogens is 310 g/mol. The van der Waals surface area contributed by atoms with Crippen LogP contribution in [0.15, 0.2) is 48.5 Å². The number of nitrogens with one attached hydrogen (secondary N) is 1. The van der Waals surface area contributed by atoms with E-state index < -0.39 is 0 Å². The summed E-state index contributed by atoms with van der Waals surface area (Å²) < 4.78 is 5.98. The van der Waals surface area contributed by atoms with E-state index >= 15 is 0 Å². The van der Waals surface area contributed by atoms with Gasteiger partial charge in [-0.15, -0.1) is 0 Å². The number of carbonyl (C=O) groups excluding carboxylic acids is 1. The zero-order valence-electron chi connectivity index (χ0n) is 15.7. The Morgan fingerprint density at radius 2 is 1.68 bits per heavy atom. The topological polar surface area (TPSA) is 38.3 Å². The predicted molar refractivity (Wildman–Crippen MR) is 104 cm³/mol. The van der Waals surface area contributed by atoms with Crippen molar-refractivity contribution in [2.75, 3.05) is 13.2 Å². The van der Waals surface area contributed by atoms with Gasteiger partial charge < -0.3 is 10.1 Å². The fraction of sp³-hybridized carbons (Fsp3) is 0.409. The molecule has 0 bridgehead atoms. The maximum atomic E-state index is 12.1. The van der Waals surface area contributed by atoms with Crippen LogP contribution in [-0.4, -0.2) is 25.0 Å². The molecule has 0 heterocycles. The third-order valence-corrected chi connectivity index (χ3v) is 4.02. The number of carbonyl (C=O) groups is 1. The van der Waals surface area contributed by atoms with Crippen molar-refractivity contribution < 1.29 is 9.53 Å². The highest BCUT2D eigenvalue weighted by molar-refractivity contribution is 5.97. The van der Waals surface area contributed by atoms with Crippen LogP contribution in [0.4, 0.5) is 0 Å².